The number of carbonyl (C=O) groups is 1. The molecule has 0 saturated carbocycles. The third kappa shape index (κ3) is 5.62. The first-order valence-electron chi connectivity index (χ1n) is 8.83. The Morgan fingerprint density at radius 1 is 1.03 bits per heavy atom. The molecule has 0 aliphatic rings. The Hall–Kier alpha value is -3.37. The van der Waals surface area contributed by atoms with Crippen molar-refractivity contribution >= 4 is 21.6 Å². The van der Waals surface area contributed by atoms with Crippen LogP contribution in [0, 0.1) is 5.82 Å². The molecule has 162 valence electrons. The molecule has 1 amide bonds. The average Bonchev–Trinajstić information content (AvgIpc) is 2.68. The molecule has 0 aliphatic carbocycles. The Balaban J connectivity index is 1.97. The minimum absolute atomic E-state index is 0.0988. The fourth-order valence-electron chi connectivity index (χ4n) is 2.65. The molecule has 0 atom stereocenters. The summed E-state index contributed by atoms with van der Waals surface area (Å²) in [6, 6.07) is 13.3. The smallest absolute Gasteiger partial charge is 0.270 e. The molecule has 31 heavy (non-hydrogen) atoms. The van der Waals surface area contributed by atoms with Gasteiger partial charge in [0.2, 0.25) is 10.0 Å². The van der Waals surface area contributed by atoms with Gasteiger partial charge in [-0.1, -0.05) is 12.1 Å². The zero-order chi connectivity index (χ0) is 22.8. The van der Waals surface area contributed by atoms with Gasteiger partial charge in [0.25, 0.3) is 11.8 Å². The molecule has 3 aromatic carbocycles. The second-order valence-corrected chi connectivity index (χ2v) is 8.24. The van der Waals surface area contributed by atoms with Gasteiger partial charge in [-0.25, -0.2) is 26.7 Å². The van der Waals surface area contributed by atoms with Gasteiger partial charge in [0.1, 0.15) is 17.3 Å². The third-order valence-electron chi connectivity index (χ3n) is 4.20. The molecule has 3 rings (SSSR count). The Bertz CT molecular complexity index is 1220. The maximum absolute atomic E-state index is 13.8. The van der Waals surface area contributed by atoms with Crippen LogP contribution in [0.15, 0.2) is 71.6 Å². The topological polar surface area (TPSA) is 98.5 Å². The number of nitrogens with two attached hydrogens (primary N) is 1. The van der Waals surface area contributed by atoms with E-state index in [1.807, 2.05) is 0 Å². The van der Waals surface area contributed by atoms with Gasteiger partial charge < -0.3 is 10.1 Å². The van der Waals surface area contributed by atoms with Gasteiger partial charge >= 0.3 is 0 Å². The van der Waals surface area contributed by atoms with Gasteiger partial charge in [0, 0.05) is 18.2 Å². The highest BCUT2D eigenvalue weighted by Gasteiger charge is 2.27. The van der Waals surface area contributed by atoms with Crippen molar-refractivity contribution in [1.29, 1.82) is 0 Å². The first-order chi connectivity index (χ1) is 14.4. The van der Waals surface area contributed by atoms with Crippen LogP contribution in [0.5, 0.6) is 11.5 Å². The number of carbonyl (C=O) groups excluding carboxylic acids is 1. The number of nitrogens with one attached hydrogen (secondary N) is 1. The second kappa shape index (κ2) is 8.40. The lowest BCUT2D eigenvalue weighted by molar-refractivity contribution is 0.0172. The maximum atomic E-state index is 13.8. The van der Waals surface area contributed by atoms with E-state index in [0.29, 0.717) is 6.92 Å². The highest BCUT2D eigenvalue weighted by Crippen LogP contribution is 2.34. The number of rotatable bonds is 6. The molecule has 0 unspecified atom stereocenters. The van der Waals surface area contributed by atoms with Crippen molar-refractivity contribution in [2.75, 3.05) is 5.32 Å². The summed E-state index contributed by atoms with van der Waals surface area (Å²) < 4.78 is 69.3. The van der Waals surface area contributed by atoms with Crippen LogP contribution in [-0.4, -0.2) is 14.3 Å². The van der Waals surface area contributed by atoms with E-state index in [1.165, 1.54) is 30.3 Å². The normalized spacial score (nSPS) is 11.8. The summed E-state index contributed by atoms with van der Waals surface area (Å²) >= 11 is 0. The van der Waals surface area contributed by atoms with Gasteiger partial charge in [0.15, 0.2) is 0 Å². The van der Waals surface area contributed by atoms with Gasteiger partial charge in [-0.15, -0.1) is 0 Å². The molecule has 0 spiro atoms. The number of ether oxygens (including phenoxy) is 1. The van der Waals surface area contributed by atoms with Crippen LogP contribution in [0.4, 0.5) is 18.9 Å². The highest BCUT2D eigenvalue weighted by molar-refractivity contribution is 7.89. The Morgan fingerprint density at radius 3 is 2.32 bits per heavy atom. The molecular formula is C21H17F3N2O4S. The van der Waals surface area contributed by atoms with Gasteiger partial charge in [0.05, 0.1) is 10.5 Å². The first-order valence-corrected chi connectivity index (χ1v) is 10.4. The molecule has 0 radical (unpaired) electrons. The van der Waals surface area contributed by atoms with E-state index in [4.69, 9.17) is 9.88 Å². The SMILES string of the molecule is CC(F)(F)c1ccc(C(=O)Nc2cccc(S(N)(=O)=O)c2)c(Oc2ccc(F)cc2)c1. The molecule has 0 bridgehead atoms. The van der Waals surface area contributed by atoms with Crippen molar-refractivity contribution in [3.05, 3.63) is 83.7 Å². The van der Waals surface area contributed by atoms with Crippen LogP contribution in [0.3, 0.4) is 0 Å². The zero-order valence-corrected chi connectivity index (χ0v) is 16.9. The van der Waals surface area contributed by atoms with E-state index in [-0.39, 0.29) is 27.6 Å². The molecule has 0 saturated heterocycles. The van der Waals surface area contributed by atoms with Crippen molar-refractivity contribution in [2.24, 2.45) is 5.14 Å². The van der Waals surface area contributed by atoms with Crippen LogP contribution in [0.2, 0.25) is 0 Å². The predicted molar refractivity (Wildman–Crippen MR) is 108 cm³/mol. The van der Waals surface area contributed by atoms with Gasteiger partial charge in [-0.3, -0.25) is 4.79 Å². The van der Waals surface area contributed by atoms with E-state index in [9.17, 15) is 26.4 Å². The fraction of sp³-hybridized carbons (Fsp3) is 0.0952. The van der Waals surface area contributed by atoms with Gasteiger partial charge in [-0.05, 0) is 54.6 Å². The summed E-state index contributed by atoms with van der Waals surface area (Å²) in [7, 11) is -3.99. The number of primary sulfonamides is 1. The summed E-state index contributed by atoms with van der Waals surface area (Å²) in [5.41, 5.74) is -0.370. The lowest BCUT2D eigenvalue weighted by atomic mass is 10.1. The number of hydrogen-bond acceptors (Lipinski definition) is 4. The molecule has 0 aliphatic heterocycles. The number of hydrogen-bond donors (Lipinski definition) is 2. The fourth-order valence-corrected chi connectivity index (χ4v) is 3.21. The van der Waals surface area contributed by atoms with Crippen molar-refractivity contribution in [1.82, 2.24) is 0 Å². The van der Waals surface area contributed by atoms with Crippen molar-refractivity contribution in [3.8, 4) is 11.5 Å². The number of alkyl halides is 2. The molecule has 10 heteroatoms. The lowest BCUT2D eigenvalue weighted by Crippen LogP contribution is -2.16. The Kier molecular flexibility index (Phi) is 6.05. The molecular weight excluding hydrogens is 433 g/mol. The van der Waals surface area contributed by atoms with Crippen LogP contribution < -0.4 is 15.2 Å². The summed E-state index contributed by atoms with van der Waals surface area (Å²) in [5, 5.41) is 7.57. The maximum Gasteiger partial charge on any atom is 0.270 e. The standard InChI is InChI=1S/C21H17F3N2O4S/c1-21(23,24)13-5-10-18(19(11-13)30-16-8-6-14(22)7-9-16)20(27)26-15-3-2-4-17(12-15)31(25,28)29/h2-12H,1H3,(H,26,27)(H2,25,28,29). The van der Waals surface area contributed by atoms with E-state index in [0.717, 1.165) is 36.4 Å². The summed E-state index contributed by atoms with van der Waals surface area (Å²) in [4.78, 5) is 12.6. The average molecular weight is 450 g/mol. The number of anilines is 1. The molecule has 0 aromatic heterocycles. The van der Waals surface area contributed by atoms with Crippen molar-refractivity contribution in [3.63, 3.8) is 0 Å². The predicted octanol–water partition coefficient (Wildman–Crippen LogP) is 4.63. The summed E-state index contributed by atoms with van der Waals surface area (Å²) in [6.07, 6.45) is 0. The zero-order valence-electron chi connectivity index (χ0n) is 16.1. The van der Waals surface area contributed by atoms with Crippen molar-refractivity contribution < 1.29 is 31.1 Å². The van der Waals surface area contributed by atoms with E-state index in [1.54, 1.807) is 0 Å². The molecule has 6 nitrogen and oxygen atoms in total. The van der Waals surface area contributed by atoms with E-state index >= 15 is 0 Å². The summed E-state index contributed by atoms with van der Waals surface area (Å²) in [6.45, 7) is 0.697. The number of sulfonamides is 1. The lowest BCUT2D eigenvalue weighted by Gasteiger charge is -2.16. The Morgan fingerprint density at radius 2 is 1.71 bits per heavy atom. The van der Waals surface area contributed by atoms with Gasteiger partial charge in [-0.2, -0.15) is 0 Å². The second-order valence-electron chi connectivity index (χ2n) is 6.68. The minimum Gasteiger partial charge on any atom is -0.457 e. The van der Waals surface area contributed by atoms with Crippen LogP contribution in [0.1, 0.15) is 22.8 Å². The quantitative estimate of drug-likeness (QED) is 0.572. The molecule has 0 heterocycles. The number of amides is 1. The highest BCUT2D eigenvalue weighted by atomic mass is 32.2. The van der Waals surface area contributed by atoms with E-state index in [2.05, 4.69) is 5.32 Å². The summed E-state index contributed by atoms with van der Waals surface area (Å²) in [5.74, 6) is -4.52. The minimum atomic E-state index is -3.99. The largest absolute Gasteiger partial charge is 0.457 e. The number of halogens is 3. The van der Waals surface area contributed by atoms with Crippen molar-refractivity contribution in [2.45, 2.75) is 17.7 Å². The van der Waals surface area contributed by atoms with Crippen LogP contribution in [0.25, 0.3) is 0 Å². The number of benzene rings is 3. The molecule has 3 aromatic rings. The Labute approximate surface area is 176 Å². The van der Waals surface area contributed by atoms with E-state index < -0.39 is 33.2 Å². The van der Waals surface area contributed by atoms with Crippen LogP contribution >= 0.6 is 0 Å². The van der Waals surface area contributed by atoms with Crippen LogP contribution in [-0.2, 0) is 15.9 Å². The monoisotopic (exact) mass is 450 g/mol. The third-order valence-corrected chi connectivity index (χ3v) is 5.11. The first kappa shape index (κ1) is 22.3. The molecule has 3 N–H and O–H groups in total. The molecule has 0 fully saturated rings.